The Morgan fingerprint density at radius 1 is 1.11 bits per heavy atom. The van der Waals surface area contributed by atoms with Gasteiger partial charge in [-0.15, -0.1) is 0 Å². The van der Waals surface area contributed by atoms with Gasteiger partial charge in [0.15, 0.2) is 0 Å². The van der Waals surface area contributed by atoms with Gasteiger partial charge in [0.05, 0.1) is 17.8 Å². The van der Waals surface area contributed by atoms with Crippen LogP contribution in [0.5, 0.6) is 0 Å². The molecule has 37 heavy (non-hydrogen) atoms. The fourth-order valence-corrected chi connectivity index (χ4v) is 4.49. The van der Waals surface area contributed by atoms with Crippen LogP contribution in [0.25, 0.3) is 16.6 Å². The van der Waals surface area contributed by atoms with E-state index in [9.17, 15) is 9.18 Å². The fraction of sp³-hybridized carbons (Fsp3) is 0.467. The number of allylic oxidation sites excluding steroid dienone is 1. The summed E-state index contributed by atoms with van der Waals surface area (Å²) in [4.78, 5) is 15.7. The summed E-state index contributed by atoms with van der Waals surface area (Å²) in [5.74, 6) is -0.267. The van der Waals surface area contributed by atoms with Gasteiger partial charge >= 0.3 is 0 Å². The minimum Gasteiger partial charge on any atom is -0.372 e. The molecule has 0 spiro atoms. The maximum Gasteiger partial charge on any atom is 0.243 e. The van der Waals surface area contributed by atoms with Gasteiger partial charge in [0.1, 0.15) is 17.6 Å². The molecular weight excluding hydrogens is 465 g/mol. The van der Waals surface area contributed by atoms with E-state index in [4.69, 9.17) is 5.10 Å². The maximum atomic E-state index is 13.4. The molecule has 3 aromatic rings. The molecular formula is C30H42FN5O. The minimum atomic E-state index is -0.437. The highest BCUT2D eigenvalue weighted by molar-refractivity contribution is 5.92. The third kappa shape index (κ3) is 7.41. The maximum absolute atomic E-state index is 13.4. The van der Waals surface area contributed by atoms with E-state index in [0.717, 1.165) is 53.9 Å². The molecule has 0 saturated carbocycles. The van der Waals surface area contributed by atoms with Crippen LogP contribution < -0.4 is 10.6 Å². The predicted molar refractivity (Wildman–Crippen MR) is 151 cm³/mol. The lowest BCUT2D eigenvalue weighted by Crippen LogP contribution is -2.51. The summed E-state index contributed by atoms with van der Waals surface area (Å²) < 4.78 is 15.3. The second kappa shape index (κ2) is 12.9. The van der Waals surface area contributed by atoms with Crippen LogP contribution in [-0.2, 0) is 11.3 Å². The SMILES string of the molecule is C/C=C(\NC(C(=O)NCCCN(CC)CC)C(C)(C)C)c1nn(Cc2ccc(F)cc2)c2ccccc12. The van der Waals surface area contributed by atoms with Crippen molar-refractivity contribution in [2.75, 3.05) is 26.2 Å². The van der Waals surface area contributed by atoms with Gasteiger partial charge < -0.3 is 15.5 Å². The van der Waals surface area contributed by atoms with Crippen molar-refractivity contribution in [1.29, 1.82) is 0 Å². The Kier molecular flexibility index (Phi) is 9.86. The molecule has 1 unspecified atom stereocenters. The van der Waals surface area contributed by atoms with Crippen LogP contribution in [-0.4, -0.2) is 52.8 Å². The first kappa shape index (κ1) is 28.4. The molecule has 0 aliphatic rings. The number of fused-ring (bicyclic) bond motifs is 1. The van der Waals surface area contributed by atoms with Crippen molar-refractivity contribution in [2.45, 2.75) is 60.5 Å². The Bertz CT molecular complexity index is 1190. The second-order valence-corrected chi connectivity index (χ2v) is 10.5. The van der Waals surface area contributed by atoms with Crippen molar-refractivity contribution >= 4 is 22.5 Å². The highest BCUT2D eigenvalue weighted by Crippen LogP contribution is 2.27. The van der Waals surface area contributed by atoms with E-state index in [-0.39, 0.29) is 17.1 Å². The van der Waals surface area contributed by atoms with E-state index in [1.165, 1.54) is 12.1 Å². The van der Waals surface area contributed by atoms with Crippen LogP contribution in [0.2, 0.25) is 0 Å². The first-order chi connectivity index (χ1) is 17.7. The van der Waals surface area contributed by atoms with Gasteiger partial charge in [-0.25, -0.2) is 4.39 Å². The number of rotatable bonds is 12. The zero-order chi connectivity index (χ0) is 27.0. The highest BCUT2D eigenvalue weighted by atomic mass is 19.1. The van der Waals surface area contributed by atoms with Crippen LogP contribution in [0.1, 0.15) is 59.2 Å². The fourth-order valence-electron chi connectivity index (χ4n) is 4.49. The summed E-state index contributed by atoms with van der Waals surface area (Å²) in [5.41, 5.74) is 3.24. The molecule has 3 rings (SSSR count). The van der Waals surface area contributed by atoms with E-state index in [1.807, 2.05) is 41.9 Å². The van der Waals surface area contributed by atoms with Gasteiger partial charge in [-0.1, -0.05) is 71.0 Å². The van der Waals surface area contributed by atoms with E-state index in [2.05, 4.69) is 50.2 Å². The molecule has 0 saturated heterocycles. The van der Waals surface area contributed by atoms with E-state index in [1.54, 1.807) is 12.1 Å². The predicted octanol–water partition coefficient (Wildman–Crippen LogP) is 5.44. The number of carbonyl (C=O) groups excluding carboxylic acids is 1. The number of para-hydroxylation sites is 1. The van der Waals surface area contributed by atoms with Crippen molar-refractivity contribution in [3.8, 4) is 0 Å². The van der Waals surface area contributed by atoms with Crippen LogP contribution >= 0.6 is 0 Å². The third-order valence-corrected chi connectivity index (χ3v) is 6.72. The molecule has 6 nitrogen and oxygen atoms in total. The molecule has 7 heteroatoms. The Balaban J connectivity index is 1.82. The lowest BCUT2D eigenvalue weighted by molar-refractivity contribution is -0.125. The monoisotopic (exact) mass is 507 g/mol. The average molecular weight is 508 g/mol. The van der Waals surface area contributed by atoms with Gasteiger partial charge in [-0.2, -0.15) is 5.10 Å². The molecule has 200 valence electrons. The van der Waals surface area contributed by atoms with Crippen LogP contribution in [0.15, 0.2) is 54.6 Å². The van der Waals surface area contributed by atoms with Gasteiger partial charge in [0.2, 0.25) is 5.91 Å². The summed E-state index contributed by atoms with van der Waals surface area (Å²) in [6.45, 7) is 16.6. The summed E-state index contributed by atoms with van der Waals surface area (Å²) in [5, 5.41) is 12.6. The number of amides is 1. The quantitative estimate of drug-likeness (QED) is 0.321. The third-order valence-electron chi connectivity index (χ3n) is 6.72. The van der Waals surface area contributed by atoms with E-state index < -0.39 is 6.04 Å². The zero-order valence-corrected chi connectivity index (χ0v) is 23.1. The normalized spacial score (nSPS) is 13.2. The zero-order valence-electron chi connectivity index (χ0n) is 23.1. The minimum absolute atomic E-state index is 0.0125. The highest BCUT2D eigenvalue weighted by Gasteiger charge is 2.32. The number of hydrogen-bond donors (Lipinski definition) is 2. The Hall–Kier alpha value is -3.19. The Morgan fingerprint density at radius 3 is 2.41 bits per heavy atom. The molecule has 1 atom stereocenters. The number of hydrogen-bond acceptors (Lipinski definition) is 4. The molecule has 0 aliphatic heterocycles. The number of nitrogens with zero attached hydrogens (tertiary/aromatic N) is 3. The van der Waals surface area contributed by atoms with Gasteiger partial charge in [-0.3, -0.25) is 9.48 Å². The molecule has 0 aliphatic carbocycles. The first-order valence-electron chi connectivity index (χ1n) is 13.3. The largest absolute Gasteiger partial charge is 0.372 e. The van der Waals surface area contributed by atoms with Gasteiger partial charge in [0, 0.05) is 11.9 Å². The van der Waals surface area contributed by atoms with Crippen molar-refractivity contribution in [3.05, 3.63) is 71.7 Å². The Labute approximate surface area is 220 Å². The lowest BCUT2D eigenvalue weighted by Gasteiger charge is -2.32. The van der Waals surface area contributed by atoms with Gasteiger partial charge in [-0.05, 0) is 62.2 Å². The van der Waals surface area contributed by atoms with Crippen molar-refractivity contribution in [1.82, 2.24) is 25.3 Å². The lowest BCUT2D eigenvalue weighted by atomic mass is 9.85. The number of aromatic nitrogens is 2. The van der Waals surface area contributed by atoms with E-state index in [0.29, 0.717) is 13.1 Å². The molecule has 1 amide bonds. The molecule has 1 aromatic heterocycles. The number of carbonyl (C=O) groups is 1. The summed E-state index contributed by atoms with van der Waals surface area (Å²) >= 11 is 0. The van der Waals surface area contributed by atoms with Gasteiger partial charge in [0.25, 0.3) is 0 Å². The number of halogens is 1. The summed E-state index contributed by atoms with van der Waals surface area (Å²) in [6.07, 6.45) is 2.89. The second-order valence-electron chi connectivity index (χ2n) is 10.5. The molecule has 1 heterocycles. The smallest absolute Gasteiger partial charge is 0.243 e. The van der Waals surface area contributed by atoms with Crippen LogP contribution in [0, 0.1) is 11.2 Å². The number of benzene rings is 2. The number of nitrogens with one attached hydrogen (secondary N) is 2. The molecule has 0 fully saturated rings. The van der Waals surface area contributed by atoms with Crippen LogP contribution in [0.3, 0.4) is 0 Å². The van der Waals surface area contributed by atoms with Crippen molar-refractivity contribution in [2.24, 2.45) is 5.41 Å². The molecule has 0 radical (unpaired) electrons. The Morgan fingerprint density at radius 2 is 1.78 bits per heavy atom. The summed E-state index contributed by atoms with van der Waals surface area (Å²) in [6, 6.07) is 14.1. The van der Waals surface area contributed by atoms with Crippen LogP contribution in [0.4, 0.5) is 4.39 Å². The molecule has 2 aromatic carbocycles. The standard InChI is InChI=1S/C30H42FN5O/c1-7-25(33-28(30(4,5)6)29(37)32-19-12-20-35(8-2)9-3)27-24-13-10-11-14-26(24)36(34-27)21-22-15-17-23(31)18-16-22/h7,10-11,13-18,28,33H,8-9,12,19-21H2,1-6H3,(H,32,37)/b25-7-. The topological polar surface area (TPSA) is 62.2 Å². The first-order valence-corrected chi connectivity index (χ1v) is 13.3. The van der Waals surface area contributed by atoms with Crippen molar-refractivity contribution in [3.63, 3.8) is 0 Å². The molecule has 2 N–H and O–H groups in total. The average Bonchev–Trinajstić information content (AvgIpc) is 3.23. The van der Waals surface area contributed by atoms with Crippen molar-refractivity contribution < 1.29 is 9.18 Å². The molecule has 0 bridgehead atoms. The van der Waals surface area contributed by atoms with E-state index >= 15 is 0 Å². The summed E-state index contributed by atoms with van der Waals surface area (Å²) in [7, 11) is 0.